The van der Waals surface area contributed by atoms with E-state index in [1.165, 1.54) is 19.3 Å². The lowest BCUT2D eigenvalue weighted by molar-refractivity contribution is -0.125. The van der Waals surface area contributed by atoms with Crippen LogP contribution in [0.15, 0.2) is 0 Å². The van der Waals surface area contributed by atoms with E-state index < -0.39 is 0 Å². The van der Waals surface area contributed by atoms with Crippen molar-refractivity contribution in [2.45, 2.75) is 44.6 Å². The molecule has 14 heavy (non-hydrogen) atoms. The van der Waals surface area contributed by atoms with Crippen molar-refractivity contribution in [3.8, 4) is 0 Å². The fraction of sp³-hybridized carbons (Fsp3) is 0.900. The quantitative estimate of drug-likeness (QED) is 0.703. The van der Waals surface area contributed by atoms with Gasteiger partial charge in [0.15, 0.2) is 0 Å². The first-order valence-corrected chi connectivity index (χ1v) is 5.23. The van der Waals surface area contributed by atoms with Crippen molar-refractivity contribution >= 4 is 18.3 Å². The molecule has 3 N–H and O–H groups in total. The van der Waals surface area contributed by atoms with Crippen LogP contribution >= 0.6 is 12.4 Å². The highest BCUT2D eigenvalue weighted by molar-refractivity contribution is 5.85. The minimum absolute atomic E-state index is 0. The Bertz CT molecular complexity index is 176. The summed E-state index contributed by atoms with van der Waals surface area (Å²) in [6, 6.07) is 0.0697. The van der Waals surface area contributed by atoms with Crippen LogP contribution in [0.4, 0.5) is 0 Å². The lowest BCUT2D eigenvalue weighted by Crippen LogP contribution is -2.41. The predicted octanol–water partition coefficient (Wildman–Crippen LogP) is 1.45. The van der Waals surface area contributed by atoms with Gasteiger partial charge < -0.3 is 11.1 Å². The highest BCUT2D eigenvalue weighted by Gasteiger charge is 2.24. The largest absolute Gasteiger partial charge is 0.359 e. The normalized spacial score (nSPS) is 28.1. The number of nitrogens with one attached hydrogen (secondary N) is 1. The molecule has 3 nitrogen and oxygen atoms in total. The predicted molar refractivity (Wildman–Crippen MR) is 60.5 cm³/mol. The van der Waals surface area contributed by atoms with E-state index in [1.807, 2.05) is 0 Å². The van der Waals surface area contributed by atoms with Crippen LogP contribution in [0.25, 0.3) is 0 Å². The Balaban J connectivity index is 0.00000169. The molecule has 0 saturated heterocycles. The van der Waals surface area contributed by atoms with Gasteiger partial charge in [-0.05, 0) is 12.8 Å². The molecule has 0 aromatic heterocycles. The second-order valence-electron chi connectivity index (χ2n) is 3.88. The van der Waals surface area contributed by atoms with Gasteiger partial charge in [-0.3, -0.25) is 4.79 Å². The van der Waals surface area contributed by atoms with Gasteiger partial charge in [0.05, 0.1) is 5.92 Å². The van der Waals surface area contributed by atoms with Crippen LogP contribution in [-0.2, 0) is 4.79 Å². The number of hydrogen-bond acceptors (Lipinski definition) is 2. The summed E-state index contributed by atoms with van der Waals surface area (Å²) in [6.07, 6.45) is 6.80. The number of carbonyl (C=O) groups is 1. The van der Waals surface area contributed by atoms with Crippen LogP contribution < -0.4 is 11.1 Å². The third-order valence-corrected chi connectivity index (χ3v) is 2.90. The third kappa shape index (κ3) is 3.84. The van der Waals surface area contributed by atoms with E-state index in [0.717, 1.165) is 19.3 Å². The maximum absolute atomic E-state index is 11.5. The zero-order valence-corrected chi connectivity index (χ0v) is 9.61. The molecule has 2 unspecified atom stereocenters. The minimum atomic E-state index is 0. The molecule has 1 aliphatic rings. The van der Waals surface area contributed by atoms with E-state index >= 15 is 0 Å². The van der Waals surface area contributed by atoms with E-state index in [4.69, 9.17) is 5.73 Å². The Morgan fingerprint density at radius 1 is 1.21 bits per heavy atom. The van der Waals surface area contributed by atoms with Crippen molar-refractivity contribution in [3.63, 3.8) is 0 Å². The number of nitrogens with two attached hydrogens (primary N) is 1. The van der Waals surface area contributed by atoms with Crippen molar-refractivity contribution in [2.24, 2.45) is 11.7 Å². The SMILES string of the molecule is CNC(=O)C1CCCCCCC1N.Cl. The van der Waals surface area contributed by atoms with Crippen LogP contribution in [0.5, 0.6) is 0 Å². The Morgan fingerprint density at radius 3 is 2.36 bits per heavy atom. The Kier molecular flexibility index (Phi) is 6.93. The number of halogens is 1. The first-order valence-electron chi connectivity index (χ1n) is 5.23. The third-order valence-electron chi connectivity index (χ3n) is 2.90. The molecule has 0 aromatic rings. The van der Waals surface area contributed by atoms with Crippen molar-refractivity contribution in [2.75, 3.05) is 7.05 Å². The first-order chi connectivity index (χ1) is 6.25. The lowest BCUT2D eigenvalue weighted by atomic mass is 9.87. The first kappa shape index (κ1) is 13.7. The highest BCUT2D eigenvalue weighted by atomic mass is 35.5. The topological polar surface area (TPSA) is 55.1 Å². The molecular weight excluding hydrogens is 200 g/mol. The zero-order chi connectivity index (χ0) is 9.68. The highest BCUT2D eigenvalue weighted by Crippen LogP contribution is 2.21. The average Bonchev–Trinajstić information content (AvgIpc) is 2.11. The molecule has 0 aliphatic heterocycles. The van der Waals surface area contributed by atoms with Gasteiger partial charge in [-0.25, -0.2) is 0 Å². The van der Waals surface area contributed by atoms with Gasteiger partial charge in [0.2, 0.25) is 5.91 Å². The molecule has 1 aliphatic carbocycles. The zero-order valence-electron chi connectivity index (χ0n) is 8.79. The molecule has 2 atom stereocenters. The van der Waals surface area contributed by atoms with Gasteiger partial charge in [-0.15, -0.1) is 12.4 Å². The Labute approximate surface area is 92.2 Å². The van der Waals surface area contributed by atoms with Gasteiger partial charge >= 0.3 is 0 Å². The maximum atomic E-state index is 11.5. The van der Waals surface area contributed by atoms with Crippen LogP contribution in [0, 0.1) is 5.92 Å². The lowest BCUT2D eigenvalue weighted by Gasteiger charge is -2.24. The Morgan fingerprint density at radius 2 is 1.79 bits per heavy atom. The Hall–Kier alpha value is -0.280. The molecule has 0 aromatic carbocycles. The summed E-state index contributed by atoms with van der Waals surface area (Å²) < 4.78 is 0. The molecule has 1 amide bonds. The van der Waals surface area contributed by atoms with Crippen molar-refractivity contribution < 1.29 is 4.79 Å². The van der Waals surface area contributed by atoms with Gasteiger partial charge in [0.1, 0.15) is 0 Å². The summed E-state index contributed by atoms with van der Waals surface area (Å²) in [6.45, 7) is 0. The molecule has 84 valence electrons. The van der Waals surface area contributed by atoms with Crippen molar-refractivity contribution in [1.29, 1.82) is 0 Å². The van der Waals surface area contributed by atoms with E-state index in [2.05, 4.69) is 5.32 Å². The summed E-state index contributed by atoms with van der Waals surface area (Å²) >= 11 is 0. The van der Waals surface area contributed by atoms with E-state index in [-0.39, 0.29) is 30.3 Å². The average molecular weight is 221 g/mol. The summed E-state index contributed by atoms with van der Waals surface area (Å²) in [5.41, 5.74) is 5.96. The molecule has 0 heterocycles. The molecule has 0 radical (unpaired) electrons. The smallest absolute Gasteiger partial charge is 0.224 e. The second-order valence-corrected chi connectivity index (χ2v) is 3.88. The fourth-order valence-electron chi connectivity index (χ4n) is 2.02. The fourth-order valence-corrected chi connectivity index (χ4v) is 2.02. The number of amides is 1. The van der Waals surface area contributed by atoms with Crippen LogP contribution in [0.2, 0.25) is 0 Å². The van der Waals surface area contributed by atoms with E-state index in [9.17, 15) is 4.79 Å². The standard InChI is InChI=1S/C10H20N2O.ClH/c1-12-10(13)8-6-4-2-3-5-7-9(8)11;/h8-9H,2-7,11H2,1H3,(H,12,13);1H. The second kappa shape index (κ2) is 7.07. The van der Waals surface area contributed by atoms with Crippen molar-refractivity contribution in [1.82, 2.24) is 5.32 Å². The van der Waals surface area contributed by atoms with Crippen LogP contribution in [-0.4, -0.2) is 19.0 Å². The van der Waals surface area contributed by atoms with Crippen LogP contribution in [0.1, 0.15) is 38.5 Å². The molecule has 1 saturated carbocycles. The molecule has 4 heteroatoms. The number of rotatable bonds is 1. The van der Waals surface area contributed by atoms with Crippen molar-refractivity contribution in [3.05, 3.63) is 0 Å². The number of carbonyl (C=O) groups excluding carboxylic acids is 1. The van der Waals surface area contributed by atoms with E-state index in [1.54, 1.807) is 7.05 Å². The number of hydrogen-bond donors (Lipinski definition) is 2. The summed E-state index contributed by atoms with van der Waals surface area (Å²) in [4.78, 5) is 11.5. The van der Waals surface area contributed by atoms with Gasteiger partial charge in [-0.2, -0.15) is 0 Å². The van der Waals surface area contributed by atoms with E-state index in [0.29, 0.717) is 0 Å². The molecule has 1 fully saturated rings. The van der Waals surface area contributed by atoms with Gasteiger partial charge in [0.25, 0.3) is 0 Å². The summed E-state index contributed by atoms with van der Waals surface area (Å²) in [7, 11) is 1.69. The molecule has 1 rings (SSSR count). The summed E-state index contributed by atoms with van der Waals surface area (Å²) in [5.74, 6) is 0.166. The maximum Gasteiger partial charge on any atom is 0.224 e. The molecule has 0 bridgehead atoms. The van der Waals surface area contributed by atoms with Crippen LogP contribution in [0.3, 0.4) is 0 Å². The monoisotopic (exact) mass is 220 g/mol. The molecule has 0 spiro atoms. The van der Waals surface area contributed by atoms with Gasteiger partial charge in [0, 0.05) is 13.1 Å². The molecular formula is C10H21ClN2O. The van der Waals surface area contributed by atoms with Gasteiger partial charge in [-0.1, -0.05) is 25.7 Å². The minimum Gasteiger partial charge on any atom is -0.359 e. The summed E-state index contributed by atoms with van der Waals surface area (Å²) in [5, 5.41) is 2.69.